The largest absolute Gasteiger partial charge is 0.496 e. The van der Waals surface area contributed by atoms with Crippen molar-refractivity contribution >= 4 is 22.8 Å². The Balaban J connectivity index is 1.37. The molecule has 0 radical (unpaired) electrons. The van der Waals surface area contributed by atoms with Gasteiger partial charge < -0.3 is 30.2 Å². The molecule has 5 rings (SSSR count). The minimum absolute atomic E-state index is 0.220. The fourth-order valence-corrected chi connectivity index (χ4v) is 4.40. The summed E-state index contributed by atoms with van der Waals surface area (Å²) in [6.07, 6.45) is 2.00. The molecule has 10 nitrogen and oxygen atoms in total. The lowest BCUT2D eigenvalue weighted by molar-refractivity contribution is 0.124. The van der Waals surface area contributed by atoms with Gasteiger partial charge in [-0.1, -0.05) is 17.3 Å². The van der Waals surface area contributed by atoms with Crippen LogP contribution in [0.5, 0.6) is 5.75 Å². The van der Waals surface area contributed by atoms with Crippen LogP contribution in [0.2, 0.25) is 0 Å². The first-order valence-corrected chi connectivity index (χ1v) is 11.4. The fraction of sp³-hybridized carbons (Fsp3) is 0.375. The molecule has 0 unspecified atom stereocenters. The third-order valence-corrected chi connectivity index (χ3v) is 6.21. The molecule has 34 heavy (non-hydrogen) atoms. The lowest BCUT2D eigenvalue weighted by Crippen LogP contribution is -2.56. The minimum atomic E-state index is 0.220. The highest BCUT2D eigenvalue weighted by atomic mass is 16.5. The number of anilines is 2. The zero-order valence-electron chi connectivity index (χ0n) is 19.7. The average molecular weight is 463 g/mol. The number of nitrogens with one attached hydrogen (secondary N) is 2. The summed E-state index contributed by atoms with van der Waals surface area (Å²) in [5.41, 5.74) is 10.7. The number of fused-ring (bicyclic) bond motifs is 1. The molecule has 1 aliphatic heterocycles. The van der Waals surface area contributed by atoms with Crippen molar-refractivity contribution in [2.24, 2.45) is 0 Å². The zero-order chi connectivity index (χ0) is 23.7. The van der Waals surface area contributed by atoms with Gasteiger partial charge >= 0.3 is 0 Å². The first-order valence-electron chi connectivity index (χ1n) is 11.4. The molecule has 0 atom stereocenters. The third-order valence-electron chi connectivity index (χ3n) is 6.21. The Morgan fingerprint density at radius 1 is 1.18 bits per heavy atom. The van der Waals surface area contributed by atoms with Crippen LogP contribution in [0, 0.1) is 6.92 Å². The van der Waals surface area contributed by atoms with E-state index < -0.39 is 0 Å². The molecule has 10 heteroatoms. The monoisotopic (exact) mass is 462 g/mol. The Hall–Kier alpha value is -3.63. The van der Waals surface area contributed by atoms with Gasteiger partial charge in [0.25, 0.3) is 0 Å². The van der Waals surface area contributed by atoms with Crippen molar-refractivity contribution in [3.63, 3.8) is 0 Å². The summed E-state index contributed by atoms with van der Waals surface area (Å²) in [5, 5.41) is 10.7. The van der Waals surface area contributed by atoms with E-state index in [4.69, 9.17) is 15.0 Å². The summed E-state index contributed by atoms with van der Waals surface area (Å²) in [4.78, 5) is 11.3. The van der Waals surface area contributed by atoms with E-state index in [1.54, 1.807) is 7.11 Å². The molecule has 0 saturated carbocycles. The molecule has 178 valence electrons. The number of aromatic nitrogens is 4. The van der Waals surface area contributed by atoms with Gasteiger partial charge in [-0.15, -0.1) is 0 Å². The molecule has 4 N–H and O–H groups in total. The van der Waals surface area contributed by atoms with Crippen molar-refractivity contribution in [1.82, 2.24) is 29.9 Å². The van der Waals surface area contributed by atoms with Gasteiger partial charge in [-0.3, -0.25) is 4.90 Å². The predicted molar refractivity (Wildman–Crippen MR) is 131 cm³/mol. The molecular formula is C24H30N8O2. The topological polar surface area (TPSA) is 119 Å². The zero-order valence-corrected chi connectivity index (χ0v) is 19.7. The Kier molecular flexibility index (Phi) is 6.08. The van der Waals surface area contributed by atoms with Gasteiger partial charge in [0.2, 0.25) is 5.95 Å². The maximum absolute atomic E-state index is 5.96. The van der Waals surface area contributed by atoms with E-state index >= 15 is 0 Å². The highest BCUT2D eigenvalue weighted by Gasteiger charge is 2.25. The van der Waals surface area contributed by atoms with E-state index in [1.165, 1.54) is 5.56 Å². The molecule has 1 saturated heterocycles. The second-order valence-electron chi connectivity index (χ2n) is 8.72. The summed E-state index contributed by atoms with van der Waals surface area (Å²) < 4.78 is 13.0. The number of hydrogen-bond acceptors (Lipinski definition) is 9. The standard InChI is InChI=1S/C24H30N8O2/c1-15-8-18(30-34-15)10-27-23-22-20(28-24(25)29-23)6-7-32(22)12-17-5-4-16(9-21(17)33-3)11-31-13-19(14-31)26-2/h4-9,19,26H,10-14H2,1-3H3,(H3,25,27,28,29). The summed E-state index contributed by atoms with van der Waals surface area (Å²) in [5.74, 6) is 2.51. The molecular weight excluding hydrogens is 432 g/mol. The van der Waals surface area contributed by atoms with E-state index in [9.17, 15) is 0 Å². The Bertz CT molecular complexity index is 1290. The van der Waals surface area contributed by atoms with Gasteiger partial charge in [0.05, 0.1) is 25.7 Å². The molecule has 1 aliphatic rings. The second kappa shape index (κ2) is 9.32. The van der Waals surface area contributed by atoms with Gasteiger partial charge in [0.15, 0.2) is 5.82 Å². The van der Waals surface area contributed by atoms with Crippen molar-refractivity contribution < 1.29 is 9.26 Å². The van der Waals surface area contributed by atoms with Crippen molar-refractivity contribution in [2.75, 3.05) is 38.3 Å². The lowest BCUT2D eigenvalue weighted by atomic mass is 10.1. The fourth-order valence-electron chi connectivity index (χ4n) is 4.40. The number of nitrogens with two attached hydrogens (primary N) is 1. The molecule has 3 aromatic heterocycles. The number of methoxy groups -OCH3 is 1. The number of hydrogen-bond donors (Lipinski definition) is 3. The Morgan fingerprint density at radius 2 is 2.03 bits per heavy atom. The van der Waals surface area contributed by atoms with Crippen LogP contribution in [-0.2, 0) is 19.6 Å². The quantitative estimate of drug-likeness (QED) is 0.344. The van der Waals surface area contributed by atoms with Crippen LogP contribution in [0.3, 0.4) is 0 Å². The van der Waals surface area contributed by atoms with Crippen LogP contribution >= 0.6 is 0 Å². The summed E-state index contributed by atoms with van der Waals surface area (Å²) in [6, 6.07) is 10.9. The van der Waals surface area contributed by atoms with Gasteiger partial charge in [0.1, 0.15) is 22.7 Å². The Morgan fingerprint density at radius 3 is 2.76 bits per heavy atom. The first-order chi connectivity index (χ1) is 16.5. The highest BCUT2D eigenvalue weighted by Crippen LogP contribution is 2.28. The maximum atomic E-state index is 5.96. The number of ether oxygens (including phenoxy) is 1. The van der Waals surface area contributed by atoms with Crippen molar-refractivity contribution in [3.05, 3.63) is 59.1 Å². The number of aryl methyl sites for hydroxylation is 1. The van der Waals surface area contributed by atoms with Crippen LogP contribution in [0.15, 0.2) is 41.1 Å². The number of nitrogens with zero attached hydrogens (tertiary/aromatic N) is 5. The smallest absolute Gasteiger partial charge is 0.222 e. The normalized spacial score (nSPS) is 14.4. The average Bonchev–Trinajstić information content (AvgIpc) is 3.40. The summed E-state index contributed by atoms with van der Waals surface area (Å²) in [7, 11) is 3.73. The number of nitrogen functional groups attached to an aromatic ring is 1. The molecule has 4 heterocycles. The van der Waals surface area contributed by atoms with Crippen molar-refractivity contribution in [3.8, 4) is 5.75 Å². The molecule has 4 aromatic rings. The molecule has 0 bridgehead atoms. The van der Waals surface area contributed by atoms with E-state index in [2.05, 4.69) is 53.4 Å². The maximum Gasteiger partial charge on any atom is 0.222 e. The van der Waals surface area contributed by atoms with E-state index in [1.807, 2.05) is 32.3 Å². The molecule has 0 aliphatic carbocycles. The highest BCUT2D eigenvalue weighted by molar-refractivity contribution is 5.87. The van der Waals surface area contributed by atoms with E-state index in [0.29, 0.717) is 24.9 Å². The lowest BCUT2D eigenvalue weighted by Gasteiger charge is -2.39. The minimum Gasteiger partial charge on any atom is -0.496 e. The van der Waals surface area contributed by atoms with Crippen LogP contribution < -0.4 is 21.1 Å². The van der Waals surface area contributed by atoms with Gasteiger partial charge in [-0.2, -0.15) is 4.98 Å². The van der Waals surface area contributed by atoms with Crippen LogP contribution in [0.4, 0.5) is 11.8 Å². The van der Waals surface area contributed by atoms with Gasteiger partial charge in [-0.25, -0.2) is 4.98 Å². The van der Waals surface area contributed by atoms with Crippen molar-refractivity contribution in [2.45, 2.75) is 32.6 Å². The van der Waals surface area contributed by atoms with Crippen LogP contribution in [0.1, 0.15) is 22.6 Å². The number of likely N-dealkylation sites (tertiary alicyclic amines) is 1. The SMILES string of the molecule is CNC1CN(Cc2ccc(Cn3ccc4nc(N)nc(NCc5cc(C)on5)c43)c(OC)c2)C1. The number of rotatable bonds is 9. The second-order valence-corrected chi connectivity index (χ2v) is 8.72. The first kappa shape index (κ1) is 22.2. The van der Waals surface area contributed by atoms with Crippen molar-refractivity contribution in [1.29, 1.82) is 0 Å². The van der Waals surface area contributed by atoms with Crippen LogP contribution in [-0.4, -0.2) is 57.9 Å². The van der Waals surface area contributed by atoms with Gasteiger partial charge in [0, 0.05) is 43.5 Å². The summed E-state index contributed by atoms with van der Waals surface area (Å²) in [6.45, 7) is 6.01. The third kappa shape index (κ3) is 4.55. The number of likely N-dealkylation sites (N-methyl/N-ethyl adjacent to an activating group) is 1. The predicted octanol–water partition coefficient (Wildman–Crippen LogP) is 2.38. The molecule has 0 amide bonds. The molecule has 1 aromatic carbocycles. The van der Waals surface area contributed by atoms with Crippen LogP contribution in [0.25, 0.3) is 11.0 Å². The van der Waals surface area contributed by atoms with E-state index in [-0.39, 0.29) is 5.95 Å². The molecule has 0 spiro atoms. The summed E-state index contributed by atoms with van der Waals surface area (Å²) >= 11 is 0. The van der Waals surface area contributed by atoms with Gasteiger partial charge in [-0.05, 0) is 31.7 Å². The molecule has 1 fully saturated rings. The number of benzene rings is 1. The van der Waals surface area contributed by atoms with E-state index in [0.717, 1.165) is 53.4 Å². The Labute approximate surface area is 198 Å².